The quantitative estimate of drug-likeness (QED) is 0.665. The third-order valence-corrected chi connectivity index (χ3v) is 1.79. The lowest BCUT2D eigenvalue weighted by Gasteiger charge is -2.03. The van der Waals surface area contributed by atoms with Crippen molar-refractivity contribution in [2.24, 2.45) is 0 Å². The van der Waals surface area contributed by atoms with Crippen LogP contribution < -0.4 is 10.5 Å². The number of halogens is 3. The molecular formula is C6H6F3N3O. The summed E-state index contributed by atoms with van der Waals surface area (Å²) in [7, 11) is 0. The summed E-state index contributed by atoms with van der Waals surface area (Å²) in [5.74, 6) is -0.375. The summed E-state index contributed by atoms with van der Waals surface area (Å²) in [5.41, 5.74) is 4.17. The van der Waals surface area contributed by atoms with E-state index in [4.69, 9.17) is 10.5 Å². The molecule has 1 aliphatic rings. The maximum Gasteiger partial charge on any atom is 0.437 e. The van der Waals surface area contributed by atoms with Gasteiger partial charge in [0.25, 0.3) is 6.01 Å². The zero-order chi connectivity index (χ0) is 9.64. The Bertz CT molecular complexity index is 344. The molecular weight excluding hydrogens is 187 g/mol. The summed E-state index contributed by atoms with van der Waals surface area (Å²) in [6.07, 6.45) is -4.51. The van der Waals surface area contributed by atoms with Crippen molar-refractivity contribution in [2.45, 2.75) is 12.7 Å². The number of fused-ring (bicyclic) bond motifs is 1. The Morgan fingerprint density at radius 1 is 1.46 bits per heavy atom. The van der Waals surface area contributed by atoms with Gasteiger partial charge < -0.3 is 10.5 Å². The molecule has 0 aliphatic carbocycles. The highest BCUT2D eigenvalue weighted by molar-refractivity contribution is 5.42. The number of nitrogen functional groups attached to an aromatic ring is 1. The van der Waals surface area contributed by atoms with E-state index in [0.717, 1.165) is 0 Å². The monoisotopic (exact) mass is 193 g/mol. The Morgan fingerprint density at radius 3 is 2.69 bits per heavy atom. The molecule has 0 amide bonds. The smallest absolute Gasteiger partial charge is 0.437 e. The number of nitrogens with zero attached hydrogens (tertiary/aromatic N) is 2. The lowest BCUT2D eigenvalue weighted by Crippen LogP contribution is -2.11. The van der Waals surface area contributed by atoms with Crippen LogP contribution in [0.3, 0.4) is 0 Å². The molecule has 1 aliphatic heterocycles. The van der Waals surface area contributed by atoms with Crippen LogP contribution in [-0.2, 0) is 12.7 Å². The number of aromatic nitrogens is 2. The summed E-state index contributed by atoms with van der Waals surface area (Å²) in [6, 6.07) is -0.0511. The summed E-state index contributed by atoms with van der Waals surface area (Å²) in [6.45, 7) is 0.648. The second-order valence-electron chi connectivity index (χ2n) is 2.63. The minimum atomic E-state index is -4.51. The van der Waals surface area contributed by atoms with E-state index < -0.39 is 11.9 Å². The Balaban J connectivity index is 2.51. The van der Waals surface area contributed by atoms with E-state index in [0.29, 0.717) is 13.2 Å². The fourth-order valence-electron chi connectivity index (χ4n) is 1.21. The van der Waals surface area contributed by atoms with E-state index in [1.165, 1.54) is 4.57 Å². The molecule has 2 heterocycles. The SMILES string of the molecule is Nc1c(C(F)(F)F)nc2n1CCO2. The maximum absolute atomic E-state index is 12.2. The maximum atomic E-state index is 12.2. The van der Waals surface area contributed by atoms with Crippen molar-refractivity contribution in [1.29, 1.82) is 0 Å². The standard InChI is InChI=1S/C6H6F3N3O/c7-6(8,9)3-4(10)12-1-2-13-5(12)11-3/h1-2,10H2. The molecule has 7 heteroatoms. The number of hydrogen-bond donors (Lipinski definition) is 1. The first-order valence-corrected chi connectivity index (χ1v) is 3.56. The second-order valence-corrected chi connectivity index (χ2v) is 2.63. The van der Waals surface area contributed by atoms with Crippen LogP contribution in [-0.4, -0.2) is 16.2 Å². The van der Waals surface area contributed by atoms with Crippen molar-refractivity contribution in [1.82, 2.24) is 9.55 Å². The average Bonchev–Trinajstić information content (AvgIpc) is 2.51. The van der Waals surface area contributed by atoms with Crippen LogP contribution in [0.2, 0.25) is 0 Å². The number of hydrogen-bond acceptors (Lipinski definition) is 3. The number of alkyl halides is 3. The van der Waals surface area contributed by atoms with Gasteiger partial charge in [-0.1, -0.05) is 0 Å². The number of rotatable bonds is 0. The van der Waals surface area contributed by atoms with Gasteiger partial charge in [-0.3, -0.25) is 4.57 Å². The zero-order valence-corrected chi connectivity index (χ0v) is 6.43. The van der Waals surface area contributed by atoms with Gasteiger partial charge in [0.05, 0.1) is 6.54 Å². The van der Waals surface area contributed by atoms with Gasteiger partial charge in [0.2, 0.25) is 0 Å². The highest BCUT2D eigenvalue weighted by Gasteiger charge is 2.39. The molecule has 4 nitrogen and oxygen atoms in total. The van der Waals surface area contributed by atoms with Crippen LogP contribution in [0.1, 0.15) is 5.69 Å². The summed E-state index contributed by atoms with van der Waals surface area (Å²) in [5, 5.41) is 0. The van der Waals surface area contributed by atoms with Crippen LogP contribution in [0.15, 0.2) is 0 Å². The highest BCUT2D eigenvalue weighted by atomic mass is 19.4. The molecule has 0 saturated carbocycles. The van der Waals surface area contributed by atoms with Crippen LogP contribution >= 0.6 is 0 Å². The van der Waals surface area contributed by atoms with E-state index >= 15 is 0 Å². The number of ether oxygens (including phenoxy) is 1. The largest absolute Gasteiger partial charge is 0.463 e. The normalized spacial score (nSPS) is 15.6. The topological polar surface area (TPSA) is 53.1 Å². The van der Waals surface area contributed by atoms with Gasteiger partial charge in [-0.05, 0) is 0 Å². The van der Waals surface area contributed by atoms with E-state index in [1.54, 1.807) is 0 Å². The first-order chi connectivity index (χ1) is 6.00. The van der Waals surface area contributed by atoms with Crippen molar-refractivity contribution in [3.05, 3.63) is 5.69 Å². The molecule has 1 aromatic rings. The van der Waals surface area contributed by atoms with Gasteiger partial charge in [0.1, 0.15) is 12.4 Å². The number of nitrogens with two attached hydrogens (primary N) is 1. The third kappa shape index (κ3) is 1.11. The van der Waals surface area contributed by atoms with Crippen LogP contribution in [0.4, 0.5) is 19.0 Å². The number of anilines is 1. The predicted molar refractivity (Wildman–Crippen MR) is 37.1 cm³/mol. The van der Waals surface area contributed by atoms with Crippen LogP contribution in [0.5, 0.6) is 6.01 Å². The second kappa shape index (κ2) is 2.30. The van der Waals surface area contributed by atoms with Gasteiger partial charge in [0, 0.05) is 0 Å². The molecule has 0 saturated heterocycles. The molecule has 0 fully saturated rings. The Hall–Kier alpha value is -1.40. The number of imidazole rings is 1. The molecule has 2 rings (SSSR count). The summed E-state index contributed by atoms with van der Waals surface area (Å²) >= 11 is 0. The Labute approximate surface area is 71.1 Å². The molecule has 0 unspecified atom stereocenters. The summed E-state index contributed by atoms with van der Waals surface area (Å²) in [4.78, 5) is 3.25. The third-order valence-electron chi connectivity index (χ3n) is 1.79. The molecule has 2 N–H and O–H groups in total. The predicted octanol–water partition coefficient (Wildman–Crippen LogP) is 0.877. The van der Waals surface area contributed by atoms with Gasteiger partial charge in [-0.2, -0.15) is 18.2 Å². The first-order valence-electron chi connectivity index (χ1n) is 3.56. The minimum absolute atomic E-state index is 0.0511. The Morgan fingerprint density at radius 2 is 2.15 bits per heavy atom. The van der Waals surface area contributed by atoms with E-state index in [2.05, 4.69) is 4.98 Å². The summed E-state index contributed by atoms with van der Waals surface area (Å²) < 4.78 is 42.6. The minimum Gasteiger partial charge on any atom is -0.463 e. The molecule has 0 atom stereocenters. The molecule has 0 aromatic carbocycles. The molecule has 0 spiro atoms. The lowest BCUT2D eigenvalue weighted by atomic mass is 10.4. The highest BCUT2D eigenvalue weighted by Crippen LogP contribution is 2.36. The lowest BCUT2D eigenvalue weighted by molar-refractivity contribution is -0.140. The van der Waals surface area contributed by atoms with Crippen molar-refractivity contribution in [2.75, 3.05) is 12.3 Å². The Kier molecular flexibility index (Phi) is 1.45. The average molecular weight is 193 g/mol. The van der Waals surface area contributed by atoms with E-state index in [9.17, 15) is 13.2 Å². The fraction of sp³-hybridized carbons (Fsp3) is 0.500. The van der Waals surface area contributed by atoms with Gasteiger partial charge >= 0.3 is 6.18 Å². The fourth-order valence-corrected chi connectivity index (χ4v) is 1.21. The van der Waals surface area contributed by atoms with Crippen LogP contribution in [0, 0.1) is 0 Å². The molecule has 0 radical (unpaired) electrons. The molecule has 0 bridgehead atoms. The van der Waals surface area contributed by atoms with Crippen molar-refractivity contribution in [3.8, 4) is 6.01 Å². The van der Waals surface area contributed by atoms with Gasteiger partial charge in [-0.25, -0.2) is 0 Å². The zero-order valence-electron chi connectivity index (χ0n) is 6.43. The van der Waals surface area contributed by atoms with Crippen molar-refractivity contribution in [3.63, 3.8) is 0 Å². The van der Waals surface area contributed by atoms with Crippen LogP contribution in [0.25, 0.3) is 0 Å². The molecule has 72 valence electrons. The van der Waals surface area contributed by atoms with E-state index in [-0.39, 0.29) is 11.8 Å². The van der Waals surface area contributed by atoms with Gasteiger partial charge in [-0.15, -0.1) is 0 Å². The van der Waals surface area contributed by atoms with Gasteiger partial charge in [0.15, 0.2) is 5.69 Å². The van der Waals surface area contributed by atoms with Crippen molar-refractivity contribution >= 4 is 5.82 Å². The van der Waals surface area contributed by atoms with E-state index in [1.807, 2.05) is 0 Å². The molecule has 13 heavy (non-hydrogen) atoms. The van der Waals surface area contributed by atoms with Crippen molar-refractivity contribution < 1.29 is 17.9 Å². The first kappa shape index (κ1) is 8.21. The molecule has 1 aromatic heterocycles.